The highest BCUT2D eigenvalue weighted by atomic mass is 79.9. The van der Waals surface area contributed by atoms with Crippen molar-refractivity contribution in [3.8, 4) is 17.2 Å². The van der Waals surface area contributed by atoms with E-state index in [0.29, 0.717) is 28.2 Å². The molecule has 2 amide bonds. The number of urea groups is 1. The zero-order valence-electron chi connectivity index (χ0n) is 17.2. The van der Waals surface area contributed by atoms with Crippen LogP contribution in [0, 0.1) is 12.7 Å². The molecule has 162 valence electrons. The lowest BCUT2D eigenvalue weighted by Crippen LogP contribution is -2.28. The number of amides is 2. The summed E-state index contributed by atoms with van der Waals surface area (Å²) in [7, 11) is 0. The molecule has 0 fully saturated rings. The Morgan fingerprint density at radius 1 is 1.06 bits per heavy atom. The molecule has 0 unspecified atom stereocenters. The molecule has 2 N–H and O–H groups in total. The van der Waals surface area contributed by atoms with Crippen molar-refractivity contribution >= 4 is 27.6 Å². The predicted octanol–water partition coefficient (Wildman–Crippen LogP) is 6.20. The maximum absolute atomic E-state index is 13.3. The van der Waals surface area contributed by atoms with E-state index in [2.05, 4.69) is 31.7 Å². The second-order valence-electron chi connectivity index (χ2n) is 7.03. The van der Waals surface area contributed by atoms with Gasteiger partial charge in [-0.1, -0.05) is 18.2 Å². The monoisotopic (exact) mass is 494 g/mol. The van der Waals surface area contributed by atoms with Gasteiger partial charge in [-0.05, 0) is 77.5 Å². The maximum Gasteiger partial charge on any atom is 0.319 e. The molecule has 32 heavy (non-hydrogen) atoms. The number of carbonyl (C=O) groups is 1. The third-order valence-corrected chi connectivity index (χ3v) is 5.31. The van der Waals surface area contributed by atoms with Crippen molar-refractivity contribution in [2.75, 3.05) is 5.32 Å². The van der Waals surface area contributed by atoms with Gasteiger partial charge in [-0.2, -0.15) is 5.10 Å². The highest BCUT2D eigenvalue weighted by Gasteiger charge is 2.09. The molecule has 0 radical (unpaired) electrons. The van der Waals surface area contributed by atoms with Crippen LogP contribution in [0.1, 0.15) is 11.3 Å². The van der Waals surface area contributed by atoms with Gasteiger partial charge < -0.3 is 15.4 Å². The van der Waals surface area contributed by atoms with Crippen LogP contribution >= 0.6 is 15.9 Å². The Morgan fingerprint density at radius 2 is 1.78 bits per heavy atom. The van der Waals surface area contributed by atoms with E-state index < -0.39 is 0 Å². The van der Waals surface area contributed by atoms with Gasteiger partial charge in [-0.25, -0.2) is 13.9 Å². The van der Waals surface area contributed by atoms with Crippen molar-refractivity contribution in [1.29, 1.82) is 0 Å². The Hall–Kier alpha value is -3.65. The zero-order chi connectivity index (χ0) is 22.5. The van der Waals surface area contributed by atoms with Gasteiger partial charge in [0.15, 0.2) is 0 Å². The molecule has 8 heteroatoms. The van der Waals surface area contributed by atoms with Crippen molar-refractivity contribution < 1.29 is 13.9 Å². The number of hydrogen-bond acceptors (Lipinski definition) is 3. The number of benzene rings is 3. The molecule has 0 atom stereocenters. The molecule has 6 nitrogen and oxygen atoms in total. The average Bonchev–Trinajstić information content (AvgIpc) is 3.17. The smallest absolute Gasteiger partial charge is 0.319 e. The summed E-state index contributed by atoms with van der Waals surface area (Å²) in [6.07, 6.45) is 1.91. The second kappa shape index (κ2) is 9.65. The van der Waals surface area contributed by atoms with E-state index in [-0.39, 0.29) is 11.8 Å². The van der Waals surface area contributed by atoms with E-state index in [9.17, 15) is 9.18 Å². The first-order valence-corrected chi connectivity index (χ1v) is 10.7. The lowest BCUT2D eigenvalue weighted by atomic mass is 10.2. The van der Waals surface area contributed by atoms with Crippen LogP contribution in [0.3, 0.4) is 0 Å². The quantitative estimate of drug-likeness (QED) is 0.335. The summed E-state index contributed by atoms with van der Waals surface area (Å²) in [5.41, 5.74) is 3.36. The summed E-state index contributed by atoms with van der Waals surface area (Å²) >= 11 is 3.13. The first kappa shape index (κ1) is 21.6. The van der Waals surface area contributed by atoms with Crippen molar-refractivity contribution in [2.24, 2.45) is 0 Å². The highest BCUT2D eigenvalue weighted by molar-refractivity contribution is 9.10. The number of hydrogen-bond donors (Lipinski definition) is 2. The van der Waals surface area contributed by atoms with E-state index in [1.165, 1.54) is 6.07 Å². The first-order valence-electron chi connectivity index (χ1n) is 9.86. The van der Waals surface area contributed by atoms with Gasteiger partial charge >= 0.3 is 6.03 Å². The SMILES string of the molecule is Cc1nn(-c2ccccc2)cc1CNC(=O)Nc1ccc(Oc2ccc(F)c(Br)c2)cc1. The minimum Gasteiger partial charge on any atom is -0.457 e. The fourth-order valence-corrected chi connectivity index (χ4v) is 3.37. The largest absolute Gasteiger partial charge is 0.457 e. The van der Waals surface area contributed by atoms with Crippen molar-refractivity contribution in [3.63, 3.8) is 0 Å². The molecule has 0 saturated carbocycles. The van der Waals surface area contributed by atoms with Gasteiger partial charge in [0.1, 0.15) is 17.3 Å². The molecule has 0 aliphatic carbocycles. The Kier molecular flexibility index (Phi) is 6.51. The lowest BCUT2D eigenvalue weighted by molar-refractivity contribution is 0.251. The van der Waals surface area contributed by atoms with Crippen LogP contribution in [-0.4, -0.2) is 15.8 Å². The Bertz CT molecular complexity index is 1230. The summed E-state index contributed by atoms with van der Waals surface area (Å²) in [6, 6.07) is 20.8. The summed E-state index contributed by atoms with van der Waals surface area (Å²) in [5, 5.41) is 10.1. The molecule has 0 saturated heterocycles. The molecule has 4 aromatic rings. The summed E-state index contributed by atoms with van der Waals surface area (Å²) < 4.78 is 21.2. The normalized spacial score (nSPS) is 10.6. The number of nitrogens with one attached hydrogen (secondary N) is 2. The molecule has 1 aromatic heterocycles. The van der Waals surface area contributed by atoms with Crippen LogP contribution < -0.4 is 15.4 Å². The van der Waals surface area contributed by atoms with Crippen LogP contribution in [-0.2, 0) is 6.54 Å². The summed E-state index contributed by atoms with van der Waals surface area (Å²) in [4.78, 5) is 12.3. The third kappa shape index (κ3) is 5.33. The lowest BCUT2D eigenvalue weighted by Gasteiger charge is -2.09. The van der Waals surface area contributed by atoms with E-state index >= 15 is 0 Å². The number of anilines is 1. The van der Waals surface area contributed by atoms with Crippen LogP contribution in [0.25, 0.3) is 5.69 Å². The van der Waals surface area contributed by atoms with Gasteiger partial charge in [0.25, 0.3) is 0 Å². The fourth-order valence-electron chi connectivity index (χ4n) is 3.02. The van der Waals surface area contributed by atoms with Crippen molar-refractivity contribution in [1.82, 2.24) is 15.1 Å². The Balaban J connectivity index is 1.31. The van der Waals surface area contributed by atoms with E-state index in [1.54, 1.807) is 41.1 Å². The molecule has 0 bridgehead atoms. The number of aryl methyl sites for hydroxylation is 1. The number of carbonyl (C=O) groups excluding carboxylic acids is 1. The van der Waals surface area contributed by atoms with Crippen molar-refractivity contribution in [3.05, 3.63) is 101 Å². The van der Waals surface area contributed by atoms with Crippen LogP contribution in [0.5, 0.6) is 11.5 Å². The number of rotatable bonds is 6. The number of halogens is 2. The highest BCUT2D eigenvalue weighted by Crippen LogP contribution is 2.27. The fraction of sp³-hybridized carbons (Fsp3) is 0.0833. The van der Waals surface area contributed by atoms with Gasteiger partial charge in [0, 0.05) is 24.0 Å². The van der Waals surface area contributed by atoms with Gasteiger partial charge in [0.05, 0.1) is 15.9 Å². The topological polar surface area (TPSA) is 68.2 Å². The summed E-state index contributed by atoms with van der Waals surface area (Å²) in [5.74, 6) is 0.715. The minimum absolute atomic E-state index is 0.326. The van der Waals surface area contributed by atoms with Crippen LogP contribution in [0.15, 0.2) is 83.5 Å². The second-order valence-corrected chi connectivity index (χ2v) is 7.88. The van der Waals surface area contributed by atoms with Crippen LogP contribution in [0.2, 0.25) is 0 Å². The molecular formula is C24H20BrFN4O2. The minimum atomic E-state index is -0.356. The standard InChI is InChI=1S/C24H20BrFN4O2/c1-16-17(15-30(29-16)19-5-3-2-4-6-19)14-27-24(31)28-18-7-9-20(10-8-18)32-21-11-12-23(26)22(25)13-21/h2-13,15H,14H2,1H3,(H2,27,28,31). The van der Waals surface area contributed by atoms with Gasteiger partial charge in [-0.15, -0.1) is 0 Å². The van der Waals surface area contributed by atoms with Gasteiger partial charge in [0.2, 0.25) is 0 Å². The molecular weight excluding hydrogens is 475 g/mol. The number of nitrogens with zero attached hydrogens (tertiary/aromatic N) is 2. The van der Waals surface area contributed by atoms with E-state index in [0.717, 1.165) is 16.9 Å². The van der Waals surface area contributed by atoms with Crippen LogP contribution in [0.4, 0.5) is 14.9 Å². The number of para-hydroxylation sites is 1. The third-order valence-electron chi connectivity index (χ3n) is 4.70. The van der Waals surface area contributed by atoms with Crippen molar-refractivity contribution in [2.45, 2.75) is 13.5 Å². The molecule has 1 heterocycles. The molecule has 0 aliphatic rings. The molecule has 0 spiro atoms. The molecule has 4 rings (SSSR count). The number of ether oxygens (including phenoxy) is 1. The molecule has 0 aliphatic heterocycles. The van der Waals surface area contributed by atoms with E-state index in [4.69, 9.17) is 4.74 Å². The molecule has 3 aromatic carbocycles. The predicted molar refractivity (Wildman–Crippen MR) is 125 cm³/mol. The zero-order valence-corrected chi connectivity index (χ0v) is 18.8. The Morgan fingerprint density at radius 3 is 2.50 bits per heavy atom. The van der Waals surface area contributed by atoms with Gasteiger partial charge in [-0.3, -0.25) is 0 Å². The summed E-state index contributed by atoms with van der Waals surface area (Å²) in [6.45, 7) is 2.26. The maximum atomic E-state index is 13.3. The first-order chi connectivity index (χ1) is 15.5. The average molecular weight is 495 g/mol. The number of aromatic nitrogens is 2. The Labute approximate surface area is 193 Å². The van der Waals surface area contributed by atoms with E-state index in [1.807, 2.05) is 43.5 Å².